The fourth-order valence-corrected chi connectivity index (χ4v) is 6.54. The van der Waals surface area contributed by atoms with E-state index in [0.29, 0.717) is 12.1 Å². The highest BCUT2D eigenvalue weighted by Crippen LogP contribution is 2.39. The number of nitrogens with zero attached hydrogens (tertiary/aromatic N) is 4. The summed E-state index contributed by atoms with van der Waals surface area (Å²) in [4.78, 5) is 13.5. The van der Waals surface area contributed by atoms with Crippen molar-refractivity contribution in [3.05, 3.63) is 114 Å². The fourth-order valence-electron chi connectivity index (χ4n) is 5.47. The van der Waals surface area contributed by atoms with Crippen molar-refractivity contribution in [2.75, 3.05) is 42.3 Å². The Kier molecular flexibility index (Phi) is 8.96. The Hall–Kier alpha value is -3.87. The molecule has 224 valence electrons. The molecule has 0 aliphatic carbocycles. The van der Waals surface area contributed by atoms with Gasteiger partial charge in [0.25, 0.3) is 10.0 Å². The van der Waals surface area contributed by atoms with E-state index in [2.05, 4.69) is 24.5 Å². The standard InChI is InChI=1S/C32H35N5O5S/c38-23-24-10-12-25(13-11-24)30-21-28(22-36-16-18-37(19-17-36)32-33-14-5-15-34-32)41-31(42-30)26-6-4-7-27(20-26)35-43(39,40)29-8-2-1-3-9-29/h1-15,20,28,30-31,35,38H,16-19,21-23H2. The van der Waals surface area contributed by atoms with Crippen molar-refractivity contribution in [3.8, 4) is 0 Å². The molecule has 4 aromatic rings. The van der Waals surface area contributed by atoms with Gasteiger partial charge >= 0.3 is 0 Å². The van der Waals surface area contributed by atoms with Crippen molar-refractivity contribution < 1.29 is 23.0 Å². The topological polar surface area (TPSA) is 117 Å². The Morgan fingerprint density at radius 1 is 0.837 bits per heavy atom. The molecule has 3 unspecified atom stereocenters. The summed E-state index contributed by atoms with van der Waals surface area (Å²) >= 11 is 0. The van der Waals surface area contributed by atoms with Gasteiger partial charge in [-0.3, -0.25) is 9.62 Å². The second-order valence-corrected chi connectivity index (χ2v) is 12.4. The minimum absolute atomic E-state index is 0.0220. The molecule has 10 nitrogen and oxygen atoms in total. The summed E-state index contributed by atoms with van der Waals surface area (Å²) in [5.74, 6) is 0.749. The second-order valence-electron chi connectivity index (χ2n) is 10.7. The van der Waals surface area contributed by atoms with E-state index in [1.165, 1.54) is 0 Å². The van der Waals surface area contributed by atoms with Crippen molar-refractivity contribution in [2.45, 2.75) is 36.4 Å². The number of aliphatic hydroxyl groups excluding tert-OH is 1. The van der Waals surface area contributed by atoms with E-state index in [1.807, 2.05) is 36.4 Å². The minimum atomic E-state index is -3.75. The number of benzene rings is 3. The number of piperazine rings is 1. The predicted octanol–water partition coefficient (Wildman–Crippen LogP) is 4.14. The lowest BCUT2D eigenvalue weighted by Gasteiger charge is -2.40. The SMILES string of the molecule is O=S(=O)(Nc1cccc(C2OC(CN3CCN(c4ncccn4)CC3)CC(c3ccc(CO)cc3)O2)c1)c1ccccc1. The van der Waals surface area contributed by atoms with Gasteiger partial charge in [-0.25, -0.2) is 18.4 Å². The van der Waals surface area contributed by atoms with E-state index < -0.39 is 16.3 Å². The van der Waals surface area contributed by atoms with Gasteiger partial charge in [-0.05, 0) is 41.5 Å². The maximum absolute atomic E-state index is 13.0. The number of anilines is 2. The van der Waals surface area contributed by atoms with Crippen LogP contribution in [0.2, 0.25) is 0 Å². The van der Waals surface area contributed by atoms with E-state index in [1.54, 1.807) is 60.9 Å². The smallest absolute Gasteiger partial charge is 0.261 e. The summed E-state index contributed by atoms with van der Waals surface area (Å²) < 4.78 is 41.6. The first-order chi connectivity index (χ1) is 21.0. The van der Waals surface area contributed by atoms with Gasteiger partial charge in [0, 0.05) is 62.8 Å². The van der Waals surface area contributed by atoms with Crippen LogP contribution in [-0.2, 0) is 26.1 Å². The van der Waals surface area contributed by atoms with Crippen molar-refractivity contribution >= 4 is 21.7 Å². The fraction of sp³-hybridized carbons (Fsp3) is 0.312. The van der Waals surface area contributed by atoms with Crippen molar-refractivity contribution in [1.29, 1.82) is 0 Å². The third-order valence-electron chi connectivity index (χ3n) is 7.75. The lowest BCUT2D eigenvalue weighted by Crippen LogP contribution is -2.50. The first kappa shape index (κ1) is 29.2. The quantitative estimate of drug-likeness (QED) is 0.292. The monoisotopic (exact) mass is 601 g/mol. The van der Waals surface area contributed by atoms with Crippen molar-refractivity contribution in [1.82, 2.24) is 14.9 Å². The molecular weight excluding hydrogens is 566 g/mol. The number of hydrogen-bond acceptors (Lipinski definition) is 9. The molecule has 2 fully saturated rings. The van der Waals surface area contributed by atoms with E-state index >= 15 is 0 Å². The molecule has 3 atom stereocenters. The Bertz CT molecular complexity index is 1580. The van der Waals surface area contributed by atoms with Gasteiger partial charge in [-0.15, -0.1) is 0 Å². The maximum atomic E-state index is 13.0. The first-order valence-corrected chi connectivity index (χ1v) is 15.9. The largest absolute Gasteiger partial charge is 0.392 e. The summed E-state index contributed by atoms with van der Waals surface area (Å²) in [5.41, 5.74) is 2.99. The van der Waals surface area contributed by atoms with Crippen LogP contribution in [0.3, 0.4) is 0 Å². The molecule has 1 aromatic heterocycles. The molecule has 3 heterocycles. The van der Waals surface area contributed by atoms with E-state index in [-0.39, 0.29) is 23.7 Å². The third-order valence-corrected chi connectivity index (χ3v) is 9.15. The second kappa shape index (κ2) is 13.2. The van der Waals surface area contributed by atoms with Gasteiger partial charge in [0.05, 0.1) is 23.7 Å². The zero-order chi connectivity index (χ0) is 29.6. The van der Waals surface area contributed by atoms with Crippen LogP contribution in [0.15, 0.2) is 102 Å². The number of sulfonamides is 1. The number of hydrogen-bond donors (Lipinski definition) is 2. The Labute approximate surface area is 252 Å². The van der Waals surface area contributed by atoms with Crippen LogP contribution in [0.5, 0.6) is 0 Å². The molecule has 2 saturated heterocycles. The maximum Gasteiger partial charge on any atom is 0.261 e. The Balaban J connectivity index is 1.19. The zero-order valence-corrected chi connectivity index (χ0v) is 24.5. The third kappa shape index (κ3) is 7.20. The highest BCUT2D eigenvalue weighted by atomic mass is 32.2. The van der Waals surface area contributed by atoms with E-state index in [4.69, 9.17) is 9.47 Å². The Morgan fingerprint density at radius 3 is 2.30 bits per heavy atom. The molecule has 6 rings (SSSR count). The summed E-state index contributed by atoms with van der Waals surface area (Å²) in [6.45, 7) is 4.08. The van der Waals surface area contributed by atoms with Crippen LogP contribution >= 0.6 is 0 Å². The number of aromatic nitrogens is 2. The zero-order valence-electron chi connectivity index (χ0n) is 23.7. The summed E-state index contributed by atoms with van der Waals surface area (Å²) in [6, 6.07) is 25.0. The van der Waals surface area contributed by atoms with E-state index in [9.17, 15) is 13.5 Å². The number of ether oxygens (including phenoxy) is 2. The molecule has 11 heteroatoms. The molecule has 2 N–H and O–H groups in total. The highest BCUT2D eigenvalue weighted by Gasteiger charge is 2.34. The van der Waals surface area contributed by atoms with Crippen LogP contribution < -0.4 is 9.62 Å². The van der Waals surface area contributed by atoms with Gasteiger partial charge in [-0.1, -0.05) is 54.6 Å². The molecule has 0 radical (unpaired) electrons. The normalized spacial score (nSPS) is 21.4. The highest BCUT2D eigenvalue weighted by molar-refractivity contribution is 7.92. The van der Waals surface area contributed by atoms with Crippen molar-refractivity contribution in [2.24, 2.45) is 0 Å². The van der Waals surface area contributed by atoms with E-state index in [0.717, 1.165) is 55.4 Å². The molecule has 0 saturated carbocycles. The molecule has 3 aromatic carbocycles. The number of aliphatic hydroxyl groups is 1. The first-order valence-electron chi connectivity index (χ1n) is 14.4. The summed E-state index contributed by atoms with van der Waals surface area (Å²) in [6.07, 6.45) is 3.14. The average molecular weight is 602 g/mol. The minimum Gasteiger partial charge on any atom is -0.392 e. The van der Waals surface area contributed by atoms with Crippen LogP contribution in [0.1, 0.15) is 35.5 Å². The summed E-state index contributed by atoms with van der Waals surface area (Å²) in [5, 5.41) is 9.51. The van der Waals surface area contributed by atoms with Gasteiger partial charge in [0.1, 0.15) is 0 Å². The molecule has 2 aliphatic heterocycles. The van der Waals surface area contributed by atoms with Crippen LogP contribution in [0, 0.1) is 0 Å². The van der Waals surface area contributed by atoms with Gasteiger partial charge in [0.15, 0.2) is 6.29 Å². The molecule has 0 spiro atoms. The lowest BCUT2D eigenvalue weighted by molar-refractivity contribution is -0.253. The lowest BCUT2D eigenvalue weighted by atomic mass is 9.99. The summed E-state index contributed by atoms with van der Waals surface area (Å²) in [7, 11) is -3.75. The van der Waals surface area contributed by atoms with Crippen LogP contribution in [0.25, 0.3) is 0 Å². The van der Waals surface area contributed by atoms with Crippen LogP contribution in [0.4, 0.5) is 11.6 Å². The molecule has 43 heavy (non-hydrogen) atoms. The number of nitrogens with one attached hydrogen (secondary N) is 1. The number of rotatable bonds is 9. The van der Waals surface area contributed by atoms with Gasteiger partial charge in [0.2, 0.25) is 5.95 Å². The molecule has 0 amide bonds. The molecular formula is C32H35N5O5S. The predicted molar refractivity (Wildman–Crippen MR) is 163 cm³/mol. The Morgan fingerprint density at radius 2 is 1.58 bits per heavy atom. The van der Waals surface area contributed by atoms with Crippen LogP contribution in [-0.4, -0.2) is 67.2 Å². The van der Waals surface area contributed by atoms with Crippen molar-refractivity contribution in [3.63, 3.8) is 0 Å². The molecule has 0 bridgehead atoms. The molecule has 2 aliphatic rings. The van der Waals surface area contributed by atoms with Gasteiger partial charge < -0.3 is 19.5 Å². The average Bonchev–Trinajstić information content (AvgIpc) is 3.06. The van der Waals surface area contributed by atoms with Gasteiger partial charge in [-0.2, -0.15) is 0 Å².